The molecule has 92 valence electrons. The van der Waals surface area contributed by atoms with E-state index in [0.29, 0.717) is 12.5 Å². The normalized spacial score (nSPS) is 23.6. The molecule has 1 unspecified atom stereocenters. The minimum atomic E-state index is -0.675. The summed E-state index contributed by atoms with van der Waals surface area (Å²) in [4.78, 5) is 12.0. The van der Waals surface area contributed by atoms with Crippen molar-refractivity contribution in [3.8, 4) is 0 Å². The number of anilines is 1. The molecular formula is C13H16ClNO2. The highest BCUT2D eigenvalue weighted by molar-refractivity contribution is 6.17. The van der Waals surface area contributed by atoms with Gasteiger partial charge in [-0.05, 0) is 37.5 Å². The zero-order chi connectivity index (χ0) is 12.3. The van der Waals surface area contributed by atoms with E-state index in [1.807, 2.05) is 31.2 Å². The van der Waals surface area contributed by atoms with E-state index < -0.39 is 5.60 Å². The van der Waals surface area contributed by atoms with E-state index in [-0.39, 0.29) is 5.91 Å². The van der Waals surface area contributed by atoms with Crippen molar-refractivity contribution in [2.24, 2.45) is 0 Å². The maximum Gasteiger partial charge on any atom is 0.256 e. The van der Waals surface area contributed by atoms with Gasteiger partial charge in [-0.15, -0.1) is 11.6 Å². The average molecular weight is 254 g/mol. The predicted octanol–water partition coefficient (Wildman–Crippen LogP) is 2.93. The molecule has 1 aliphatic heterocycles. The van der Waals surface area contributed by atoms with E-state index >= 15 is 0 Å². The topological polar surface area (TPSA) is 38.3 Å². The second-order valence-electron chi connectivity index (χ2n) is 4.47. The first kappa shape index (κ1) is 12.4. The number of hydrogen-bond donors (Lipinski definition) is 1. The number of amides is 1. The molecule has 1 fully saturated rings. The van der Waals surface area contributed by atoms with Crippen molar-refractivity contribution >= 4 is 23.2 Å². The molecule has 3 nitrogen and oxygen atoms in total. The number of carbonyl (C=O) groups is 1. The van der Waals surface area contributed by atoms with Crippen LogP contribution in [-0.4, -0.2) is 18.1 Å². The Kier molecular flexibility index (Phi) is 3.69. The van der Waals surface area contributed by atoms with Crippen LogP contribution in [0.4, 0.5) is 5.69 Å². The zero-order valence-corrected chi connectivity index (χ0v) is 10.6. The van der Waals surface area contributed by atoms with Gasteiger partial charge < -0.3 is 10.1 Å². The standard InChI is InChI=1S/C13H16ClNO2/c1-13(7-2-8-17-13)12(16)15-11-5-3-10(9-14)4-6-11/h3-6H,2,7-9H2,1H3,(H,15,16). The van der Waals surface area contributed by atoms with E-state index in [0.717, 1.165) is 24.1 Å². The highest BCUT2D eigenvalue weighted by Gasteiger charge is 2.37. The van der Waals surface area contributed by atoms with Crippen LogP contribution in [0.25, 0.3) is 0 Å². The monoisotopic (exact) mass is 253 g/mol. The third kappa shape index (κ3) is 2.79. The Hall–Kier alpha value is -1.06. The Labute approximate surface area is 106 Å². The van der Waals surface area contributed by atoms with Crippen LogP contribution >= 0.6 is 11.6 Å². The fourth-order valence-electron chi connectivity index (χ4n) is 1.90. The molecule has 1 aromatic carbocycles. The molecule has 2 rings (SSSR count). The van der Waals surface area contributed by atoms with Crippen LogP contribution in [0.5, 0.6) is 0 Å². The van der Waals surface area contributed by atoms with Crippen LogP contribution < -0.4 is 5.32 Å². The van der Waals surface area contributed by atoms with Gasteiger partial charge >= 0.3 is 0 Å². The van der Waals surface area contributed by atoms with Crippen LogP contribution in [0.1, 0.15) is 25.3 Å². The summed E-state index contributed by atoms with van der Waals surface area (Å²) < 4.78 is 5.49. The number of ether oxygens (including phenoxy) is 1. The molecule has 1 N–H and O–H groups in total. The van der Waals surface area contributed by atoms with Crippen LogP contribution in [0, 0.1) is 0 Å². The molecule has 4 heteroatoms. The van der Waals surface area contributed by atoms with Crippen LogP contribution in [0.15, 0.2) is 24.3 Å². The zero-order valence-electron chi connectivity index (χ0n) is 9.83. The van der Waals surface area contributed by atoms with E-state index in [4.69, 9.17) is 16.3 Å². The Balaban J connectivity index is 2.02. The van der Waals surface area contributed by atoms with Gasteiger partial charge in [0.15, 0.2) is 0 Å². The number of benzene rings is 1. The van der Waals surface area contributed by atoms with Gasteiger partial charge in [-0.3, -0.25) is 4.79 Å². The van der Waals surface area contributed by atoms with Crippen LogP contribution in [0.3, 0.4) is 0 Å². The Morgan fingerprint density at radius 1 is 1.47 bits per heavy atom. The minimum Gasteiger partial charge on any atom is -0.365 e. The molecule has 0 saturated carbocycles. The summed E-state index contributed by atoms with van der Waals surface area (Å²) in [7, 11) is 0. The lowest BCUT2D eigenvalue weighted by Crippen LogP contribution is -2.39. The summed E-state index contributed by atoms with van der Waals surface area (Å²) in [5, 5.41) is 2.87. The van der Waals surface area contributed by atoms with Gasteiger partial charge in [-0.2, -0.15) is 0 Å². The molecule has 0 aromatic heterocycles. The summed E-state index contributed by atoms with van der Waals surface area (Å²) in [6.07, 6.45) is 1.72. The van der Waals surface area contributed by atoms with Crippen molar-refractivity contribution in [3.63, 3.8) is 0 Å². The lowest BCUT2D eigenvalue weighted by molar-refractivity contribution is -0.133. The lowest BCUT2D eigenvalue weighted by Gasteiger charge is -2.21. The van der Waals surface area contributed by atoms with Gasteiger partial charge in [-0.1, -0.05) is 12.1 Å². The molecule has 1 aromatic rings. The van der Waals surface area contributed by atoms with Crippen molar-refractivity contribution in [1.82, 2.24) is 0 Å². The van der Waals surface area contributed by atoms with Gasteiger partial charge in [0.1, 0.15) is 5.60 Å². The predicted molar refractivity (Wildman–Crippen MR) is 68.2 cm³/mol. The fourth-order valence-corrected chi connectivity index (χ4v) is 2.08. The molecule has 0 radical (unpaired) electrons. The first-order valence-electron chi connectivity index (χ1n) is 5.74. The summed E-state index contributed by atoms with van der Waals surface area (Å²) in [5.74, 6) is 0.406. The number of hydrogen-bond acceptors (Lipinski definition) is 2. The summed E-state index contributed by atoms with van der Waals surface area (Å²) >= 11 is 5.70. The molecule has 1 amide bonds. The Morgan fingerprint density at radius 2 is 2.18 bits per heavy atom. The van der Waals surface area contributed by atoms with E-state index in [9.17, 15) is 4.79 Å². The SMILES string of the molecule is CC1(C(=O)Nc2ccc(CCl)cc2)CCCO1. The van der Waals surface area contributed by atoms with E-state index in [1.165, 1.54) is 0 Å². The van der Waals surface area contributed by atoms with E-state index in [1.54, 1.807) is 0 Å². The summed E-state index contributed by atoms with van der Waals surface area (Å²) in [5.41, 5.74) is 1.14. The number of nitrogens with one attached hydrogen (secondary N) is 1. The summed E-state index contributed by atoms with van der Waals surface area (Å²) in [6, 6.07) is 7.52. The Bertz CT molecular complexity index is 396. The van der Waals surface area contributed by atoms with Crippen molar-refractivity contribution in [2.45, 2.75) is 31.2 Å². The lowest BCUT2D eigenvalue weighted by atomic mass is 10.0. The average Bonchev–Trinajstić information content (AvgIpc) is 2.78. The molecule has 0 spiro atoms. The largest absolute Gasteiger partial charge is 0.365 e. The van der Waals surface area contributed by atoms with Gasteiger partial charge in [0.2, 0.25) is 0 Å². The molecule has 1 saturated heterocycles. The van der Waals surface area contributed by atoms with Crippen molar-refractivity contribution in [2.75, 3.05) is 11.9 Å². The molecule has 1 heterocycles. The summed E-state index contributed by atoms with van der Waals surface area (Å²) in [6.45, 7) is 2.50. The van der Waals surface area contributed by atoms with Gasteiger partial charge in [0, 0.05) is 18.2 Å². The van der Waals surface area contributed by atoms with Crippen LogP contribution in [-0.2, 0) is 15.4 Å². The van der Waals surface area contributed by atoms with Gasteiger partial charge in [-0.25, -0.2) is 0 Å². The molecule has 0 aliphatic carbocycles. The molecule has 1 atom stereocenters. The first-order valence-corrected chi connectivity index (χ1v) is 6.28. The second kappa shape index (κ2) is 5.07. The fraction of sp³-hybridized carbons (Fsp3) is 0.462. The Morgan fingerprint density at radius 3 is 2.71 bits per heavy atom. The minimum absolute atomic E-state index is 0.0753. The van der Waals surface area contributed by atoms with Crippen molar-refractivity contribution in [3.05, 3.63) is 29.8 Å². The van der Waals surface area contributed by atoms with Gasteiger partial charge in [0.25, 0.3) is 5.91 Å². The highest BCUT2D eigenvalue weighted by Crippen LogP contribution is 2.26. The molecule has 17 heavy (non-hydrogen) atoms. The number of alkyl halides is 1. The third-order valence-electron chi connectivity index (χ3n) is 3.07. The van der Waals surface area contributed by atoms with Crippen LogP contribution in [0.2, 0.25) is 0 Å². The highest BCUT2D eigenvalue weighted by atomic mass is 35.5. The quantitative estimate of drug-likeness (QED) is 0.842. The smallest absolute Gasteiger partial charge is 0.256 e. The van der Waals surface area contributed by atoms with Crippen molar-refractivity contribution < 1.29 is 9.53 Å². The second-order valence-corrected chi connectivity index (χ2v) is 4.73. The number of carbonyl (C=O) groups excluding carboxylic acids is 1. The maximum atomic E-state index is 12.0. The van der Waals surface area contributed by atoms with Gasteiger partial charge in [0.05, 0.1) is 0 Å². The maximum absolute atomic E-state index is 12.0. The van der Waals surface area contributed by atoms with E-state index in [2.05, 4.69) is 5.32 Å². The number of halogens is 1. The first-order chi connectivity index (χ1) is 8.14. The molecule has 1 aliphatic rings. The number of rotatable bonds is 3. The molecular weight excluding hydrogens is 238 g/mol. The third-order valence-corrected chi connectivity index (χ3v) is 3.37. The molecule has 0 bridgehead atoms. The van der Waals surface area contributed by atoms with Crippen molar-refractivity contribution in [1.29, 1.82) is 0 Å².